The van der Waals surface area contributed by atoms with Gasteiger partial charge in [0.15, 0.2) is 0 Å². The Hall–Kier alpha value is -0.903. The summed E-state index contributed by atoms with van der Waals surface area (Å²) in [6.07, 6.45) is 2.43. The number of rotatable bonds is 7. The van der Waals surface area contributed by atoms with E-state index in [4.69, 9.17) is 0 Å². The summed E-state index contributed by atoms with van der Waals surface area (Å²) in [5.41, 5.74) is 2.47. The predicted molar refractivity (Wildman–Crippen MR) is 106 cm³/mol. The van der Waals surface area contributed by atoms with Gasteiger partial charge >= 0.3 is 0 Å². The van der Waals surface area contributed by atoms with Crippen LogP contribution in [0, 0.1) is 0 Å². The fraction of sp³-hybridized carbons (Fsp3) is 0.263. The van der Waals surface area contributed by atoms with Crippen LogP contribution in [-0.2, 0) is 0 Å². The van der Waals surface area contributed by atoms with E-state index in [1.165, 1.54) is 9.79 Å². The van der Waals surface area contributed by atoms with Gasteiger partial charge in [-0.1, -0.05) is 67.8 Å². The SMILES string of the molecule is C[Si](C)(C)/C=C/C(CSc1ccccc1)Sc1ccccc1. The van der Waals surface area contributed by atoms with E-state index < -0.39 is 8.07 Å². The summed E-state index contributed by atoms with van der Waals surface area (Å²) in [5.74, 6) is 1.10. The van der Waals surface area contributed by atoms with Crippen molar-refractivity contribution < 1.29 is 0 Å². The highest BCUT2D eigenvalue weighted by atomic mass is 32.2. The zero-order valence-corrected chi connectivity index (χ0v) is 16.2. The molecule has 22 heavy (non-hydrogen) atoms. The van der Waals surface area contributed by atoms with Crippen molar-refractivity contribution in [3.8, 4) is 0 Å². The Labute approximate surface area is 144 Å². The summed E-state index contributed by atoms with van der Waals surface area (Å²) in [5, 5.41) is 0.513. The van der Waals surface area contributed by atoms with Gasteiger partial charge in [0.25, 0.3) is 0 Å². The van der Waals surface area contributed by atoms with Gasteiger partial charge in [-0.15, -0.1) is 23.5 Å². The van der Waals surface area contributed by atoms with E-state index in [-0.39, 0.29) is 0 Å². The first-order valence-corrected chi connectivity index (χ1v) is 13.1. The third-order valence-corrected chi connectivity index (χ3v) is 6.70. The molecule has 2 aromatic carbocycles. The second-order valence-corrected chi connectivity index (χ2v) is 13.8. The molecular weight excluding hydrogens is 320 g/mol. The molecule has 0 heterocycles. The summed E-state index contributed by atoms with van der Waals surface area (Å²) >= 11 is 3.90. The van der Waals surface area contributed by atoms with E-state index in [1.807, 2.05) is 23.5 Å². The van der Waals surface area contributed by atoms with E-state index in [1.54, 1.807) is 0 Å². The van der Waals surface area contributed by atoms with Crippen molar-refractivity contribution in [3.05, 3.63) is 72.4 Å². The second-order valence-electron chi connectivity index (χ2n) is 6.32. The molecule has 0 N–H and O–H groups in total. The van der Waals surface area contributed by atoms with Crippen LogP contribution in [0.15, 0.2) is 82.2 Å². The van der Waals surface area contributed by atoms with Crippen LogP contribution < -0.4 is 0 Å². The van der Waals surface area contributed by atoms with Gasteiger partial charge in [-0.05, 0) is 24.3 Å². The Bertz CT molecular complexity index is 573. The van der Waals surface area contributed by atoms with Crippen molar-refractivity contribution >= 4 is 31.6 Å². The lowest BCUT2D eigenvalue weighted by molar-refractivity contribution is 1.25. The molecule has 0 radical (unpaired) electrons. The highest BCUT2D eigenvalue weighted by molar-refractivity contribution is 8.03. The maximum Gasteiger partial charge on any atom is 0.0683 e. The number of hydrogen-bond acceptors (Lipinski definition) is 2. The molecule has 0 saturated heterocycles. The van der Waals surface area contributed by atoms with Crippen molar-refractivity contribution in [1.29, 1.82) is 0 Å². The van der Waals surface area contributed by atoms with Gasteiger partial charge < -0.3 is 0 Å². The van der Waals surface area contributed by atoms with Gasteiger partial charge in [0.2, 0.25) is 0 Å². The molecule has 0 aliphatic rings. The minimum Gasteiger partial charge on any atom is -0.125 e. The zero-order valence-electron chi connectivity index (χ0n) is 13.5. The first kappa shape index (κ1) is 17.5. The smallest absolute Gasteiger partial charge is 0.0683 e. The van der Waals surface area contributed by atoms with Gasteiger partial charge in [-0.25, -0.2) is 0 Å². The van der Waals surface area contributed by atoms with E-state index in [2.05, 4.69) is 92.1 Å². The predicted octanol–water partition coefficient (Wildman–Crippen LogP) is 6.37. The van der Waals surface area contributed by atoms with Gasteiger partial charge in [0.1, 0.15) is 0 Å². The van der Waals surface area contributed by atoms with Crippen LogP contribution in [0.25, 0.3) is 0 Å². The van der Waals surface area contributed by atoms with Crippen molar-refractivity contribution in [1.82, 2.24) is 0 Å². The molecule has 3 heteroatoms. The van der Waals surface area contributed by atoms with Gasteiger partial charge in [-0.3, -0.25) is 0 Å². The first-order chi connectivity index (χ1) is 10.5. The quantitative estimate of drug-likeness (QED) is 0.422. The lowest BCUT2D eigenvalue weighted by Gasteiger charge is -2.15. The molecule has 0 bridgehead atoms. The van der Waals surface area contributed by atoms with Crippen LogP contribution in [0.1, 0.15) is 0 Å². The van der Waals surface area contributed by atoms with Gasteiger partial charge in [0, 0.05) is 20.8 Å². The Morgan fingerprint density at radius 1 is 0.864 bits per heavy atom. The average molecular weight is 345 g/mol. The minimum atomic E-state index is -1.15. The number of benzene rings is 2. The molecule has 116 valence electrons. The highest BCUT2D eigenvalue weighted by Crippen LogP contribution is 2.29. The van der Waals surface area contributed by atoms with Crippen molar-refractivity contribution in [3.63, 3.8) is 0 Å². The van der Waals surface area contributed by atoms with Gasteiger partial charge in [-0.2, -0.15) is 0 Å². The molecule has 1 unspecified atom stereocenters. The summed E-state index contributed by atoms with van der Waals surface area (Å²) in [6.45, 7) is 7.16. The Morgan fingerprint density at radius 2 is 1.41 bits per heavy atom. The maximum absolute atomic E-state index is 2.47. The van der Waals surface area contributed by atoms with Crippen molar-refractivity contribution in [2.45, 2.75) is 34.7 Å². The van der Waals surface area contributed by atoms with E-state index >= 15 is 0 Å². The molecule has 2 aromatic rings. The van der Waals surface area contributed by atoms with Crippen LogP contribution in [0.5, 0.6) is 0 Å². The highest BCUT2D eigenvalue weighted by Gasteiger charge is 2.12. The standard InChI is InChI=1S/C19H24S2Si/c1-22(2,3)15-14-19(21-18-12-8-5-9-13-18)16-20-17-10-6-4-7-11-17/h4-15,19H,16H2,1-3H3/b15-14+. The molecule has 0 aromatic heterocycles. The van der Waals surface area contributed by atoms with Gasteiger partial charge in [0.05, 0.1) is 8.07 Å². The fourth-order valence-electron chi connectivity index (χ4n) is 1.89. The Balaban J connectivity index is 2.02. The second kappa shape index (κ2) is 8.66. The van der Waals surface area contributed by atoms with Crippen molar-refractivity contribution in [2.24, 2.45) is 0 Å². The normalized spacial score (nSPS) is 13.4. The largest absolute Gasteiger partial charge is 0.125 e. The van der Waals surface area contributed by atoms with Crippen LogP contribution in [0.2, 0.25) is 19.6 Å². The third kappa shape index (κ3) is 6.90. The molecule has 0 nitrogen and oxygen atoms in total. The minimum absolute atomic E-state index is 0.513. The maximum atomic E-state index is 2.47. The van der Waals surface area contributed by atoms with E-state index in [9.17, 15) is 0 Å². The number of hydrogen-bond donors (Lipinski definition) is 0. The number of thioether (sulfide) groups is 2. The molecule has 0 aliphatic carbocycles. The van der Waals surface area contributed by atoms with E-state index in [0.29, 0.717) is 5.25 Å². The fourth-order valence-corrected chi connectivity index (χ4v) is 4.96. The Morgan fingerprint density at radius 3 is 1.95 bits per heavy atom. The summed E-state index contributed by atoms with van der Waals surface area (Å²) < 4.78 is 0. The molecule has 0 spiro atoms. The van der Waals surface area contributed by atoms with Crippen molar-refractivity contribution in [2.75, 3.05) is 5.75 Å². The summed E-state index contributed by atoms with van der Waals surface area (Å²) in [6, 6.07) is 21.4. The van der Waals surface area contributed by atoms with Crippen LogP contribution in [0.4, 0.5) is 0 Å². The van der Waals surface area contributed by atoms with Crippen LogP contribution in [0.3, 0.4) is 0 Å². The average Bonchev–Trinajstić information content (AvgIpc) is 2.51. The molecule has 0 aliphatic heterocycles. The first-order valence-electron chi connectivity index (χ1n) is 7.62. The van der Waals surface area contributed by atoms with E-state index in [0.717, 1.165) is 5.75 Å². The third-order valence-electron chi connectivity index (χ3n) is 3.00. The van der Waals surface area contributed by atoms with Crippen LogP contribution in [-0.4, -0.2) is 19.1 Å². The molecule has 1 atom stereocenters. The summed E-state index contributed by atoms with van der Waals surface area (Å²) in [4.78, 5) is 2.70. The molecule has 0 saturated carbocycles. The lowest BCUT2D eigenvalue weighted by atomic mass is 10.4. The monoisotopic (exact) mass is 344 g/mol. The Kier molecular flexibility index (Phi) is 6.87. The molecule has 0 fully saturated rings. The molecular formula is C19H24S2Si. The van der Waals surface area contributed by atoms with Crippen LogP contribution >= 0.6 is 23.5 Å². The molecule has 2 rings (SSSR count). The molecule has 0 amide bonds. The summed E-state index contributed by atoms with van der Waals surface area (Å²) in [7, 11) is -1.15. The zero-order chi connectivity index (χ0) is 15.8. The lowest BCUT2D eigenvalue weighted by Crippen LogP contribution is -2.17. The topological polar surface area (TPSA) is 0 Å².